The maximum absolute atomic E-state index is 12.4. The van der Waals surface area contributed by atoms with Crippen molar-refractivity contribution in [2.24, 2.45) is 0 Å². The molecule has 0 spiro atoms. The summed E-state index contributed by atoms with van der Waals surface area (Å²) in [5, 5.41) is 10.3. The van der Waals surface area contributed by atoms with Crippen LogP contribution in [-0.2, 0) is 6.42 Å². The Balaban J connectivity index is 2.51. The van der Waals surface area contributed by atoms with Gasteiger partial charge in [0.1, 0.15) is 11.2 Å². The highest BCUT2D eigenvalue weighted by atomic mass is 35.5. The first-order chi connectivity index (χ1) is 9.20. The molecule has 0 aliphatic carbocycles. The molecule has 1 aromatic heterocycles. The maximum Gasteiger partial charge on any atom is 0.200 e. The van der Waals surface area contributed by atoms with Crippen LogP contribution in [0.2, 0.25) is 5.02 Å². The highest BCUT2D eigenvalue weighted by Gasteiger charge is 2.10. The Kier molecular flexibility index (Phi) is 2.73. The van der Waals surface area contributed by atoms with Crippen LogP contribution in [0.3, 0.4) is 0 Å². The number of fused-ring (bicyclic) bond motifs is 2. The Morgan fingerprint density at radius 1 is 1.21 bits per heavy atom. The van der Waals surface area contributed by atoms with E-state index in [1.54, 1.807) is 36.4 Å². The number of halogens is 1. The number of hydrogen-bond donors (Lipinski definition) is 0. The second-order valence-electron chi connectivity index (χ2n) is 4.20. The fourth-order valence-corrected chi connectivity index (χ4v) is 2.29. The predicted molar refractivity (Wildman–Crippen MR) is 74.3 cm³/mol. The van der Waals surface area contributed by atoms with Crippen molar-refractivity contribution in [3.05, 3.63) is 57.2 Å². The number of para-hydroxylation sites is 1. The van der Waals surface area contributed by atoms with E-state index in [2.05, 4.69) is 6.07 Å². The predicted octanol–water partition coefficient (Wildman–Crippen LogP) is 3.67. The molecule has 0 unspecified atom stereocenters. The van der Waals surface area contributed by atoms with Gasteiger partial charge < -0.3 is 4.42 Å². The zero-order chi connectivity index (χ0) is 13.4. The van der Waals surface area contributed by atoms with Crippen molar-refractivity contribution in [2.75, 3.05) is 0 Å². The van der Waals surface area contributed by atoms with Gasteiger partial charge in [0, 0.05) is 16.7 Å². The van der Waals surface area contributed by atoms with E-state index in [0.29, 0.717) is 32.5 Å². The van der Waals surface area contributed by atoms with Crippen LogP contribution >= 0.6 is 11.6 Å². The zero-order valence-electron chi connectivity index (χ0n) is 9.81. The van der Waals surface area contributed by atoms with Gasteiger partial charge in [-0.05, 0) is 18.2 Å². The Bertz CT molecular complexity index is 890. The first kappa shape index (κ1) is 11.8. The summed E-state index contributed by atoms with van der Waals surface area (Å²) in [6.45, 7) is 0. The third-order valence-corrected chi connectivity index (χ3v) is 3.25. The number of benzene rings is 2. The van der Waals surface area contributed by atoms with Crippen molar-refractivity contribution in [3.8, 4) is 6.07 Å². The topological polar surface area (TPSA) is 54.0 Å². The van der Waals surface area contributed by atoms with E-state index < -0.39 is 0 Å². The fraction of sp³-hybridized carbons (Fsp3) is 0.0667. The summed E-state index contributed by atoms with van der Waals surface area (Å²) in [6.07, 6.45) is 0.201. The summed E-state index contributed by atoms with van der Waals surface area (Å²) in [7, 11) is 0. The van der Waals surface area contributed by atoms with Gasteiger partial charge in [0.15, 0.2) is 0 Å². The molecule has 0 N–H and O–H groups in total. The Morgan fingerprint density at radius 3 is 2.84 bits per heavy atom. The Labute approximate surface area is 113 Å². The molecular formula is C15H8ClNO2. The van der Waals surface area contributed by atoms with Crippen LogP contribution in [0.5, 0.6) is 0 Å². The van der Waals surface area contributed by atoms with Crippen molar-refractivity contribution in [1.82, 2.24) is 0 Å². The molecule has 1 heterocycles. The largest absolute Gasteiger partial charge is 0.455 e. The second-order valence-corrected chi connectivity index (χ2v) is 4.64. The molecule has 0 saturated heterocycles. The molecule has 0 aliphatic rings. The SMILES string of the molecule is N#CCc1cccc2c(=O)c3ccc(Cl)cc3oc12. The minimum Gasteiger partial charge on any atom is -0.455 e. The van der Waals surface area contributed by atoms with Gasteiger partial charge in [-0.25, -0.2) is 0 Å². The van der Waals surface area contributed by atoms with Crippen LogP contribution in [0.15, 0.2) is 45.6 Å². The van der Waals surface area contributed by atoms with Gasteiger partial charge in [-0.3, -0.25) is 4.79 Å². The average Bonchev–Trinajstić information content (AvgIpc) is 2.40. The molecule has 0 fully saturated rings. The van der Waals surface area contributed by atoms with E-state index >= 15 is 0 Å². The minimum atomic E-state index is -0.104. The summed E-state index contributed by atoms with van der Waals surface area (Å²) < 4.78 is 5.76. The van der Waals surface area contributed by atoms with E-state index in [9.17, 15) is 4.79 Å². The van der Waals surface area contributed by atoms with Gasteiger partial charge in [0.2, 0.25) is 5.43 Å². The average molecular weight is 270 g/mol. The van der Waals surface area contributed by atoms with Crippen LogP contribution in [-0.4, -0.2) is 0 Å². The third kappa shape index (κ3) is 1.87. The van der Waals surface area contributed by atoms with Gasteiger partial charge in [0.05, 0.1) is 23.3 Å². The van der Waals surface area contributed by atoms with Crippen molar-refractivity contribution in [1.29, 1.82) is 5.26 Å². The smallest absolute Gasteiger partial charge is 0.200 e. The maximum atomic E-state index is 12.4. The monoisotopic (exact) mass is 269 g/mol. The molecule has 0 atom stereocenters. The molecule has 3 aromatic rings. The fourth-order valence-electron chi connectivity index (χ4n) is 2.13. The van der Waals surface area contributed by atoms with E-state index in [0.717, 1.165) is 0 Å². The number of hydrogen-bond acceptors (Lipinski definition) is 3. The van der Waals surface area contributed by atoms with Gasteiger partial charge in [0.25, 0.3) is 0 Å². The standard InChI is InChI=1S/C15H8ClNO2/c16-10-4-5-11-13(8-10)19-15-9(6-7-17)2-1-3-12(15)14(11)18/h1-5,8H,6H2. The zero-order valence-corrected chi connectivity index (χ0v) is 10.6. The van der Waals surface area contributed by atoms with E-state index in [4.69, 9.17) is 21.3 Å². The third-order valence-electron chi connectivity index (χ3n) is 3.01. The Morgan fingerprint density at radius 2 is 2.05 bits per heavy atom. The summed E-state index contributed by atoms with van der Waals surface area (Å²) in [5.41, 5.74) is 1.51. The number of nitrogens with zero attached hydrogens (tertiary/aromatic N) is 1. The molecule has 0 saturated carbocycles. The normalized spacial score (nSPS) is 10.7. The van der Waals surface area contributed by atoms with Crippen molar-refractivity contribution in [3.63, 3.8) is 0 Å². The minimum absolute atomic E-state index is 0.104. The summed E-state index contributed by atoms with van der Waals surface area (Å²) in [6, 6.07) is 12.2. The van der Waals surface area contributed by atoms with Crippen molar-refractivity contribution >= 4 is 33.5 Å². The van der Waals surface area contributed by atoms with E-state index in [1.807, 2.05) is 0 Å². The highest BCUT2D eigenvalue weighted by Crippen LogP contribution is 2.24. The summed E-state index contributed by atoms with van der Waals surface area (Å²) in [4.78, 5) is 12.4. The molecule has 0 radical (unpaired) electrons. The first-order valence-electron chi connectivity index (χ1n) is 5.71. The highest BCUT2D eigenvalue weighted by molar-refractivity contribution is 6.31. The van der Waals surface area contributed by atoms with E-state index in [1.165, 1.54) is 0 Å². The van der Waals surface area contributed by atoms with Gasteiger partial charge in [-0.15, -0.1) is 0 Å². The number of rotatable bonds is 1. The lowest BCUT2D eigenvalue weighted by Crippen LogP contribution is -2.03. The van der Waals surface area contributed by atoms with Gasteiger partial charge in [-0.2, -0.15) is 5.26 Å². The molecule has 0 amide bonds. The van der Waals surface area contributed by atoms with Gasteiger partial charge >= 0.3 is 0 Å². The lowest BCUT2D eigenvalue weighted by Gasteiger charge is -2.04. The lowest BCUT2D eigenvalue weighted by molar-refractivity contribution is 0.655. The lowest BCUT2D eigenvalue weighted by atomic mass is 10.1. The van der Waals surface area contributed by atoms with E-state index in [-0.39, 0.29) is 11.8 Å². The molecule has 2 aromatic carbocycles. The van der Waals surface area contributed by atoms with Crippen LogP contribution in [0.25, 0.3) is 21.9 Å². The quantitative estimate of drug-likeness (QED) is 0.634. The molecule has 3 nitrogen and oxygen atoms in total. The molecule has 3 rings (SSSR count). The molecule has 92 valence electrons. The molecule has 0 aliphatic heterocycles. The van der Waals surface area contributed by atoms with Gasteiger partial charge in [-0.1, -0.05) is 23.7 Å². The number of nitriles is 1. The summed E-state index contributed by atoms with van der Waals surface area (Å²) in [5.74, 6) is 0. The molecular weight excluding hydrogens is 262 g/mol. The summed E-state index contributed by atoms with van der Waals surface area (Å²) >= 11 is 5.91. The molecule has 0 bridgehead atoms. The molecule has 19 heavy (non-hydrogen) atoms. The van der Waals surface area contributed by atoms with Crippen molar-refractivity contribution in [2.45, 2.75) is 6.42 Å². The second kappa shape index (κ2) is 4.42. The Hall–Kier alpha value is -2.31. The van der Waals surface area contributed by atoms with Crippen LogP contribution in [0.1, 0.15) is 5.56 Å². The van der Waals surface area contributed by atoms with Crippen LogP contribution in [0.4, 0.5) is 0 Å². The molecule has 4 heteroatoms. The van der Waals surface area contributed by atoms with Crippen molar-refractivity contribution < 1.29 is 4.42 Å². The van der Waals surface area contributed by atoms with Crippen LogP contribution in [0, 0.1) is 11.3 Å². The first-order valence-corrected chi connectivity index (χ1v) is 6.09. The van der Waals surface area contributed by atoms with Crippen LogP contribution < -0.4 is 5.43 Å².